The first-order valence-electron chi connectivity index (χ1n) is 5.72. The number of hydrogen-bond acceptors (Lipinski definition) is 3. The number of likely N-dealkylation sites (tertiary alicyclic amines) is 1. The number of carbonyl (C=O) groups excluding carboxylic acids is 1. The molecule has 0 spiro atoms. The second kappa shape index (κ2) is 4.29. The molecule has 2 N–H and O–H groups in total. The van der Waals surface area contributed by atoms with Crippen molar-refractivity contribution in [2.75, 3.05) is 6.54 Å². The lowest BCUT2D eigenvalue weighted by molar-refractivity contribution is 0.0734. The molecule has 2 unspecified atom stereocenters. The lowest BCUT2D eigenvalue weighted by Crippen LogP contribution is -2.35. The molecule has 0 saturated carbocycles. The van der Waals surface area contributed by atoms with E-state index in [1.54, 1.807) is 6.07 Å². The maximum atomic E-state index is 12.2. The molecule has 1 saturated heterocycles. The van der Waals surface area contributed by atoms with Crippen LogP contribution in [0.5, 0.6) is 0 Å². The maximum Gasteiger partial charge on any atom is 0.257 e. The summed E-state index contributed by atoms with van der Waals surface area (Å²) in [7, 11) is 0. The van der Waals surface area contributed by atoms with Gasteiger partial charge in [-0.2, -0.15) is 0 Å². The Morgan fingerprint density at radius 1 is 1.62 bits per heavy atom. The van der Waals surface area contributed by atoms with Crippen molar-refractivity contribution in [1.82, 2.24) is 4.90 Å². The Bertz CT molecular complexity index is 386. The van der Waals surface area contributed by atoms with Crippen molar-refractivity contribution >= 4 is 5.91 Å². The van der Waals surface area contributed by atoms with Crippen molar-refractivity contribution in [2.24, 2.45) is 11.7 Å². The van der Waals surface area contributed by atoms with E-state index >= 15 is 0 Å². The first-order valence-corrected chi connectivity index (χ1v) is 5.72. The third kappa shape index (κ3) is 1.85. The molecule has 88 valence electrons. The van der Waals surface area contributed by atoms with Crippen molar-refractivity contribution in [1.29, 1.82) is 0 Å². The van der Waals surface area contributed by atoms with Gasteiger partial charge >= 0.3 is 0 Å². The van der Waals surface area contributed by atoms with Crippen LogP contribution in [-0.2, 0) is 6.54 Å². The quantitative estimate of drug-likeness (QED) is 0.827. The molecule has 2 atom stereocenters. The number of nitrogens with zero attached hydrogens (tertiary/aromatic N) is 1. The topological polar surface area (TPSA) is 59.5 Å². The van der Waals surface area contributed by atoms with E-state index in [9.17, 15) is 4.79 Å². The summed E-state index contributed by atoms with van der Waals surface area (Å²) in [6.45, 7) is 5.45. The van der Waals surface area contributed by atoms with Crippen LogP contribution in [0.1, 0.15) is 36.4 Å². The van der Waals surface area contributed by atoms with Crippen LogP contribution in [0.2, 0.25) is 0 Å². The predicted octanol–water partition coefficient (Wildman–Crippen LogP) is 1.61. The zero-order valence-electron chi connectivity index (χ0n) is 9.77. The number of rotatable bonds is 2. The third-order valence-corrected chi connectivity index (χ3v) is 3.50. The highest BCUT2D eigenvalue weighted by atomic mass is 16.3. The molecule has 4 heteroatoms. The molecule has 0 aromatic carbocycles. The van der Waals surface area contributed by atoms with Crippen molar-refractivity contribution in [3.63, 3.8) is 0 Å². The average molecular weight is 222 g/mol. The van der Waals surface area contributed by atoms with Crippen molar-refractivity contribution in [3.8, 4) is 0 Å². The van der Waals surface area contributed by atoms with Gasteiger partial charge in [0.05, 0.1) is 12.1 Å². The summed E-state index contributed by atoms with van der Waals surface area (Å²) in [5.41, 5.74) is 6.06. The number of hydrogen-bond donors (Lipinski definition) is 1. The first kappa shape index (κ1) is 11.2. The second-order valence-corrected chi connectivity index (χ2v) is 4.51. The molecular formula is C12H18N2O2. The van der Waals surface area contributed by atoms with E-state index in [1.807, 2.05) is 4.90 Å². The standard InChI is InChI=1S/C12H18N2O2/c1-8-3-4-14(9(8)2)12(15)10-5-11(6-13)16-7-10/h5,7-9H,3-4,6,13H2,1-2H3. The fourth-order valence-corrected chi connectivity index (χ4v) is 2.15. The van der Waals surface area contributed by atoms with Gasteiger partial charge in [0.25, 0.3) is 5.91 Å². The molecule has 0 radical (unpaired) electrons. The maximum absolute atomic E-state index is 12.2. The van der Waals surface area contributed by atoms with Gasteiger partial charge in [0.1, 0.15) is 12.0 Å². The van der Waals surface area contributed by atoms with Gasteiger partial charge in [-0.25, -0.2) is 0 Å². The molecule has 1 aliphatic rings. The molecule has 16 heavy (non-hydrogen) atoms. The molecule has 1 fully saturated rings. The van der Waals surface area contributed by atoms with Crippen molar-refractivity contribution < 1.29 is 9.21 Å². The van der Waals surface area contributed by atoms with Crippen LogP contribution >= 0.6 is 0 Å². The first-order chi connectivity index (χ1) is 7.63. The summed E-state index contributed by atoms with van der Waals surface area (Å²) in [5.74, 6) is 1.29. The average Bonchev–Trinajstić information content (AvgIpc) is 2.87. The lowest BCUT2D eigenvalue weighted by Gasteiger charge is -2.22. The van der Waals surface area contributed by atoms with Crippen LogP contribution in [-0.4, -0.2) is 23.4 Å². The molecule has 2 rings (SSSR count). The van der Waals surface area contributed by atoms with Crippen molar-refractivity contribution in [2.45, 2.75) is 32.9 Å². The summed E-state index contributed by atoms with van der Waals surface area (Å²) in [6.07, 6.45) is 2.58. The van der Waals surface area contributed by atoms with Gasteiger partial charge in [-0.05, 0) is 25.3 Å². The van der Waals surface area contributed by atoms with Crippen LogP contribution in [0.3, 0.4) is 0 Å². The Morgan fingerprint density at radius 2 is 2.38 bits per heavy atom. The Kier molecular flexibility index (Phi) is 3.01. The van der Waals surface area contributed by atoms with Crippen LogP contribution in [0.4, 0.5) is 0 Å². The Balaban J connectivity index is 2.13. The van der Waals surface area contributed by atoms with E-state index in [0.717, 1.165) is 13.0 Å². The number of nitrogens with two attached hydrogens (primary N) is 1. The summed E-state index contributed by atoms with van der Waals surface area (Å²) < 4.78 is 5.18. The highest BCUT2D eigenvalue weighted by Crippen LogP contribution is 2.25. The highest BCUT2D eigenvalue weighted by molar-refractivity contribution is 5.94. The van der Waals surface area contributed by atoms with Crippen molar-refractivity contribution in [3.05, 3.63) is 23.7 Å². The van der Waals surface area contributed by atoms with Gasteiger partial charge in [0.2, 0.25) is 0 Å². The normalized spacial score (nSPS) is 25.1. The minimum atomic E-state index is 0.0558. The fourth-order valence-electron chi connectivity index (χ4n) is 2.15. The van der Waals surface area contributed by atoms with Crippen LogP contribution in [0.15, 0.2) is 16.7 Å². The lowest BCUT2D eigenvalue weighted by atomic mass is 10.1. The summed E-state index contributed by atoms with van der Waals surface area (Å²) in [5, 5.41) is 0. The highest BCUT2D eigenvalue weighted by Gasteiger charge is 2.31. The minimum Gasteiger partial charge on any atom is -0.467 e. The van der Waals surface area contributed by atoms with Gasteiger partial charge in [0, 0.05) is 12.6 Å². The van der Waals surface area contributed by atoms with E-state index in [1.165, 1.54) is 6.26 Å². The molecule has 1 aromatic heterocycles. The molecular weight excluding hydrogens is 204 g/mol. The summed E-state index contributed by atoms with van der Waals surface area (Å²) in [4.78, 5) is 14.1. The molecule has 0 aliphatic carbocycles. The molecule has 1 amide bonds. The van der Waals surface area contributed by atoms with Gasteiger partial charge < -0.3 is 15.1 Å². The minimum absolute atomic E-state index is 0.0558. The summed E-state index contributed by atoms with van der Waals surface area (Å²) in [6, 6.07) is 2.04. The Morgan fingerprint density at radius 3 is 2.88 bits per heavy atom. The monoisotopic (exact) mass is 222 g/mol. The van der Waals surface area contributed by atoms with Gasteiger partial charge in [-0.3, -0.25) is 4.79 Å². The van der Waals surface area contributed by atoms with E-state index in [2.05, 4.69) is 13.8 Å². The number of amides is 1. The fraction of sp³-hybridized carbons (Fsp3) is 0.583. The second-order valence-electron chi connectivity index (χ2n) is 4.51. The van der Waals surface area contributed by atoms with E-state index < -0.39 is 0 Å². The van der Waals surface area contributed by atoms with Gasteiger partial charge in [-0.15, -0.1) is 0 Å². The molecule has 4 nitrogen and oxygen atoms in total. The van der Waals surface area contributed by atoms with Crippen LogP contribution in [0.25, 0.3) is 0 Å². The molecule has 1 aromatic rings. The predicted molar refractivity (Wildman–Crippen MR) is 60.9 cm³/mol. The van der Waals surface area contributed by atoms with Gasteiger partial charge in [0.15, 0.2) is 0 Å². The molecule has 1 aliphatic heterocycles. The summed E-state index contributed by atoms with van der Waals surface area (Å²) >= 11 is 0. The number of furan rings is 1. The third-order valence-electron chi connectivity index (χ3n) is 3.50. The van der Waals surface area contributed by atoms with Crippen LogP contribution in [0, 0.1) is 5.92 Å². The van der Waals surface area contributed by atoms with Crippen LogP contribution < -0.4 is 5.73 Å². The molecule has 0 bridgehead atoms. The smallest absolute Gasteiger partial charge is 0.257 e. The van der Waals surface area contributed by atoms with E-state index in [0.29, 0.717) is 29.8 Å². The largest absolute Gasteiger partial charge is 0.467 e. The number of carbonyl (C=O) groups is 1. The SMILES string of the molecule is CC1CCN(C(=O)c2coc(CN)c2)C1C. The molecule has 2 heterocycles. The zero-order valence-corrected chi connectivity index (χ0v) is 9.77. The Hall–Kier alpha value is -1.29. The van der Waals surface area contributed by atoms with E-state index in [-0.39, 0.29) is 5.91 Å². The van der Waals surface area contributed by atoms with Gasteiger partial charge in [-0.1, -0.05) is 6.92 Å². The van der Waals surface area contributed by atoms with E-state index in [4.69, 9.17) is 10.2 Å². The zero-order chi connectivity index (χ0) is 11.7. The Labute approximate surface area is 95.4 Å².